The number of hydrogen-bond acceptors (Lipinski definition) is 13. The third-order valence-corrected chi connectivity index (χ3v) is 11.2. The van der Waals surface area contributed by atoms with E-state index in [4.69, 9.17) is 27.3 Å². The molecule has 2 aromatic heterocycles. The SMILES string of the molecule is C=C(CON=CC(=O)NC1C(=O)N2CC(CSc3nc(C)c(CC(=O)O)s3)(C(=O)O)CS[C@H]12)c1nc(N)sc1Cl. The van der Waals surface area contributed by atoms with Crippen LogP contribution < -0.4 is 11.1 Å². The van der Waals surface area contributed by atoms with Crippen molar-refractivity contribution < 1.29 is 34.2 Å². The summed E-state index contributed by atoms with van der Waals surface area (Å²) in [5, 5.41) is 25.1. The molecule has 5 N–H and O–H groups in total. The van der Waals surface area contributed by atoms with Gasteiger partial charge in [0, 0.05) is 28.5 Å². The van der Waals surface area contributed by atoms with Crippen LogP contribution in [0, 0.1) is 12.3 Å². The number of aromatic nitrogens is 2. The van der Waals surface area contributed by atoms with Crippen molar-refractivity contribution in [3.8, 4) is 0 Å². The standard InChI is InChI=1S/C22H23ClN6O7S4/c1-9(14-16(23)40-20(24)28-14)5-36-25-4-12(30)27-15-17(33)29-6-22(19(34)35,7-37-18(15)29)8-38-21-26-10(2)11(39-21)3-13(31)32/h4,15,18H,1,3,5-8H2,2H3,(H2,24,28)(H,27,30)(H,31,32)(H,34,35)/t15?,18-,22?/m1/s1. The molecule has 40 heavy (non-hydrogen) atoms. The molecule has 0 aliphatic carbocycles. The molecule has 2 aliphatic rings. The van der Waals surface area contributed by atoms with E-state index in [0.717, 1.165) is 17.6 Å². The Kier molecular flexibility index (Phi) is 9.29. The lowest BCUT2D eigenvalue weighted by Gasteiger charge is -2.53. The average molecular weight is 647 g/mol. The monoisotopic (exact) mass is 646 g/mol. The molecule has 0 saturated carbocycles. The second-order valence-corrected chi connectivity index (χ2v) is 13.9. The number of β-lactam (4-membered cyclic amide) rings is 1. The van der Waals surface area contributed by atoms with Crippen LogP contribution in [0.1, 0.15) is 16.3 Å². The van der Waals surface area contributed by atoms with Crippen molar-refractivity contribution in [3.63, 3.8) is 0 Å². The van der Waals surface area contributed by atoms with Crippen LogP contribution in [0.3, 0.4) is 0 Å². The number of nitrogen functional groups attached to an aromatic ring is 1. The molecular weight excluding hydrogens is 624 g/mol. The Morgan fingerprint density at radius 1 is 1.38 bits per heavy atom. The number of halogens is 1. The fourth-order valence-corrected chi connectivity index (χ4v) is 8.97. The van der Waals surface area contributed by atoms with Gasteiger partial charge in [0.1, 0.15) is 44.0 Å². The summed E-state index contributed by atoms with van der Waals surface area (Å²) in [7, 11) is 0. The summed E-state index contributed by atoms with van der Waals surface area (Å²) in [6.45, 7) is 5.40. The number of aliphatic carboxylic acids is 2. The van der Waals surface area contributed by atoms with E-state index in [1.165, 1.54) is 39.8 Å². The molecule has 18 heteroatoms. The van der Waals surface area contributed by atoms with Crippen molar-refractivity contribution in [2.75, 3.05) is 30.4 Å². The fourth-order valence-electron chi connectivity index (χ4n) is 3.86. The van der Waals surface area contributed by atoms with E-state index in [9.17, 15) is 24.3 Å². The van der Waals surface area contributed by atoms with E-state index in [1.54, 1.807) is 6.92 Å². The quantitative estimate of drug-likeness (QED) is 0.113. The first-order chi connectivity index (χ1) is 18.9. The number of amides is 2. The highest BCUT2D eigenvalue weighted by atomic mass is 35.5. The molecule has 2 aromatic rings. The van der Waals surface area contributed by atoms with Crippen molar-refractivity contribution in [1.82, 2.24) is 20.2 Å². The number of nitrogens with zero attached hydrogens (tertiary/aromatic N) is 4. The molecule has 2 aliphatic heterocycles. The molecule has 0 radical (unpaired) electrons. The maximum atomic E-state index is 12.8. The van der Waals surface area contributed by atoms with Gasteiger partial charge in [0.15, 0.2) is 5.13 Å². The molecule has 13 nitrogen and oxygen atoms in total. The summed E-state index contributed by atoms with van der Waals surface area (Å²) in [6.07, 6.45) is 0.741. The topological polar surface area (TPSA) is 197 Å². The Morgan fingerprint density at radius 3 is 2.77 bits per heavy atom. The van der Waals surface area contributed by atoms with Crippen LogP contribution >= 0.6 is 57.8 Å². The molecule has 0 bridgehead atoms. The van der Waals surface area contributed by atoms with Crippen LogP contribution in [0.4, 0.5) is 5.13 Å². The number of thioether (sulfide) groups is 2. The molecule has 4 heterocycles. The van der Waals surface area contributed by atoms with E-state index >= 15 is 0 Å². The molecule has 0 aromatic carbocycles. The normalized spacial score (nSPS) is 22.1. The molecule has 2 saturated heterocycles. The molecule has 2 fully saturated rings. The van der Waals surface area contributed by atoms with Gasteiger partial charge in [-0.2, -0.15) is 0 Å². The van der Waals surface area contributed by atoms with Crippen molar-refractivity contribution in [1.29, 1.82) is 0 Å². The van der Waals surface area contributed by atoms with Gasteiger partial charge in [-0.05, 0) is 6.92 Å². The summed E-state index contributed by atoms with van der Waals surface area (Å²) in [5.74, 6) is -2.69. The van der Waals surface area contributed by atoms with Crippen LogP contribution in [-0.4, -0.2) is 91.1 Å². The number of anilines is 1. The predicted molar refractivity (Wildman–Crippen MR) is 154 cm³/mol. The number of hydrogen-bond donors (Lipinski definition) is 4. The van der Waals surface area contributed by atoms with Gasteiger partial charge in [-0.15, -0.1) is 23.1 Å². The van der Waals surface area contributed by atoms with Crippen molar-refractivity contribution in [2.45, 2.75) is 29.1 Å². The van der Waals surface area contributed by atoms with E-state index in [1.807, 2.05) is 0 Å². The highest BCUT2D eigenvalue weighted by molar-refractivity contribution is 8.01. The Hall–Kier alpha value is -2.86. The maximum absolute atomic E-state index is 12.8. The number of carboxylic acid groups (broad SMARTS) is 2. The Morgan fingerprint density at radius 2 is 2.12 bits per heavy atom. The van der Waals surface area contributed by atoms with Gasteiger partial charge in [-0.1, -0.05) is 46.4 Å². The number of nitrogens with one attached hydrogen (secondary N) is 1. The molecule has 2 unspecified atom stereocenters. The second-order valence-electron chi connectivity index (χ2n) is 8.87. The summed E-state index contributed by atoms with van der Waals surface area (Å²) in [5.41, 5.74) is 5.78. The highest BCUT2D eigenvalue weighted by Crippen LogP contribution is 2.45. The van der Waals surface area contributed by atoms with Crippen LogP contribution in [0.15, 0.2) is 16.1 Å². The van der Waals surface area contributed by atoms with Gasteiger partial charge < -0.3 is 31.0 Å². The Balaban J connectivity index is 1.28. The molecule has 0 spiro atoms. The lowest BCUT2D eigenvalue weighted by atomic mass is 9.89. The minimum Gasteiger partial charge on any atom is -0.481 e. The highest BCUT2D eigenvalue weighted by Gasteiger charge is 2.57. The van der Waals surface area contributed by atoms with Gasteiger partial charge in [-0.3, -0.25) is 19.2 Å². The average Bonchev–Trinajstić information content (AvgIpc) is 3.42. The predicted octanol–water partition coefficient (Wildman–Crippen LogP) is 2.05. The number of carbonyl (C=O) groups excluding carboxylic acids is 2. The van der Waals surface area contributed by atoms with Crippen LogP contribution in [-0.2, 0) is 30.4 Å². The summed E-state index contributed by atoms with van der Waals surface area (Å²) in [4.78, 5) is 63.9. The Bertz CT molecular complexity index is 1400. The molecular formula is C22H23ClN6O7S4. The number of fused-ring (bicyclic) bond motifs is 1. The van der Waals surface area contributed by atoms with Gasteiger partial charge in [0.05, 0.1) is 12.1 Å². The second kappa shape index (κ2) is 12.3. The zero-order valence-electron chi connectivity index (χ0n) is 20.8. The van der Waals surface area contributed by atoms with Gasteiger partial charge in [0.2, 0.25) is 5.91 Å². The number of rotatable bonds is 12. The van der Waals surface area contributed by atoms with Gasteiger partial charge in [0.25, 0.3) is 5.91 Å². The zero-order chi connectivity index (χ0) is 29.2. The summed E-state index contributed by atoms with van der Waals surface area (Å²) < 4.78 is 0.935. The van der Waals surface area contributed by atoms with E-state index in [-0.39, 0.29) is 36.2 Å². The van der Waals surface area contributed by atoms with E-state index in [0.29, 0.717) is 30.5 Å². The van der Waals surface area contributed by atoms with Crippen LogP contribution in [0.2, 0.25) is 4.34 Å². The minimum absolute atomic E-state index is 0.0203. The number of oxime groups is 1. The number of thiazole rings is 2. The molecule has 214 valence electrons. The zero-order valence-corrected chi connectivity index (χ0v) is 24.8. The number of aryl methyl sites for hydroxylation is 1. The fraction of sp³-hybridized carbons (Fsp3) is 0.409. The number of carboxylic acids is 2. The first kappa shape index (κ1) is 30.1. The number of nitrogens with two attached hydrogens (primary N) is 1. The molecule has 4 rings (SSSR count). The van der Waals surface area contributed by atoms with Crippen LogP contribution in [0.25, 0.3) is 5.57 Å². The first-order valence-corrected chi connectivity index (χ1v) is 15.5. The Labute approximate surface area is 249 Å². The van der Waals surface area contributed by atoms with Crippen molar-refractivity contribution in [2.24, 2.45) is 10.6 Å². The van der Waals surface area contributed by atoms with Crippen LogP contribution in [0.5, 0.6) is 0 Å². The first-order valence-electron chi connectivity index (χ1n) is 11.4. The summed E-state index contributed by atoms with van der Waals surface area (Å²) >= 11 is 10.8. The van der Waals surface area contributed by atoms with Gasteiger partial charge >= 0.3 is 11.9 Å². The maximum Gasteiger partial charge on any atom is 0.313 e. The van der Waals surface area contributed by atoms with Gasteiger partial charge in [-0.25, -0.2) is 9.97 Å². The third-order valence-electron chi connectivity index (χ3n) is 5.97. The largest absolute Gasteiger partial charge is 0.481 e. The lowest BCUT2D eigenvalue weighted by Crippen LogP contribution is -2.74. The smallest absolute Gasteiger partial charge is 0.313 e. The molecule has 2 amide bonds. The lowest BCUT2D eigenvalue weighted by molar-refractivity contribution is -0.157. The van der Waals surface area contributed by atoms with Crippen molar-refractivity contribution in [3.05, 3.63) is 27.2 Å². The number of carbonyl (C=O) groups is 4. The summed E-state index contributed by atoms with van der Waals surface area (Å²) in [6, 6.07) is -0.824. The van der Waals surface area contributed by atoms with Crippen molar-refractivity contribution >= 4 is 98.5 Å². The van der Waals surface area contributed by atoms with E-state index in [2.05, 4.69) is 27.0 Å². The minimum atomic E-state index is -1.23. The van der Waals surface area contributed by atoms with E-state index < -0.39 is 40.6 Å². The molecule has 3 atom stereocenters. The third kappa shape index (κ3) is 6.54.